The summed E-state index contributed by atoms with van der Waals surface area (Å²) in [5, 5.41) is 3.17. The number of nitrogens with one attached hydrogen (secondary N) is 1. The van der Waals surface area contributed by atoms with E-state index in [1.165, 1.54) is 4.31 Å². The van der Waals surface area contributed by atoms with Crippen LogP contribution < -0.4 is 10.2 Å². The summed E-state index contributed by atoms with van der Waals surface area (Å²) in [7, 11) is -3.43. The second-order valence-electron chi connectivity index (χ2n) is 7.41. The summed E-state index contributed by atoms with van der Waals surface area (Å²) in [4.78, 5) is 14.6. The SMILES string of the molecule is O=C1C[C@H](Cc2ccc(S(=O)(=O)N3CCNCC3)cc2)CN1c1ccccc1. The van der Waals surface area contributed by atoms with E-state index < -0.39 is 10.0 Å². The van der Waals surface area contributed by atoms with Crippen molar-refractivity contribution in [3.05, 3.63) is 60.2 Å². The van der Waals surface area contributed by atoms with Gasteiger partial charge in [0.05, 0.1) is 4.90 Å². The van der Waals surface area contributed by atoms with Gasteiger partial charge in [-0.15, -0.1) is 0 Å². The Morgan fingerprint density at radius 1 is 0.964 bits per heavy atom. The van der Waals surface area contributed by atoms with Crippen molar-refractivity contribution in [3.63, 3.8) is 0 Å². The number of nitrogens with zero attached hydrogens (tertiary/aromatic N) is 2. The van der Waals surface area contributed by atoms with Gasteiger partial charge in [-0.1, -0.05) is 30.3 Å². The van der Waals surface area contributed by atoms with Crippen LogP contribution >= 0.6 is 0 Å². The molecule has 0 spiro atoms. The molecule has 1 atom stereocenters. The number of sulfonamides is 1. The van der Waals surface area contributed by atoms with Crippen LogP contribution in [0.2, 0.25) is 0 Å². The van der Waals surface area contributed by atoms with Gasteiger partial charge in [-0.25, -0.2) is 8.42 Å². The molecule has 2 saturated heterocycles. The maximum atomic E-state index is 12.7. The van der Waals surface area contributed by atoms with E-state index in [1.807, 2.05) is 47.4 Å². The zero-order valence-electron chi connectivity index (χ0n) is 15.8. The van der Waals surface area contributed by atoms with Crippen molar-refractivity contribution in [2.75, 3.05) is 37.6 Å². The summed E-state index contributed by atoms with van der Waals surface area (Å²) in [5.74, 6) is 0.387. The lowest BCUT2D eigenvalue weighted by Crippen LogP contribution is -2.46. The highest BCUT2D eigenvalue weighted by Crippen LogP contribution is 2.27. The summed E-state index contributed by atoms with van der Waals surface area (Å²) < 4.78 is 27.0. The summed E-state index contributed by atoms with van der Waals surface area (Å²) in [6.07, 6.45) is 1.29. The third kappa shape index (κ3) is 3.97. The van der Waals surface area contributed by atoms with Gasteiger partial charge in [0, 0.05) is 44.8 Å². The van der Waals surface area contributed by atoms with Gasteiger partial charge in [-0.05, 0) is 42.2 Å². The normalized spacial score (nSPS) is 21.2. The van der Waals surface area contributed by atoms with Crippen molar-refractivity contribution in [2.24, 2.45) is 5.92 Å². The van der Waals surface area contributed by atoms with Gasteiger partial charge in [-0.2, -0.15) is 4.31 Å². The zero-order valence-corrected chi connectivity index (χ0v) is 16.6. The number of hydrogen-bond acceptors (Lipinski definition) is 4. The van der Waals surface area contributed by atoms with E-state index in [-0.39, 0.29) is 11.8 Å². The Balaban J connectivity index is 1.42. The lowest BCUT2D eigenvalue weighted by Gasteiger charge is -2.26. The molecule has 0 bridgehead atoms. The van der Waals surface area contributed by atoms with E-state index in [0.29, 0.717) is 44.0 Å². The number of rotatable bonds is 5. The molecule has 0 aliphatic carbocycles. The monoisotopic (exact) mass is 399 g/mol. The van der Waals surface area contributed by atoms with Crippen molar-refractivity contribution in [3.8, 4) is 0 Å². The Kier molecular flexibility index (Phi) is 5.48. The molecule has 0 radical (unpaired) electrons. The van der Waals surface area contributed by atoms with Gasteiger partial charge in [0.1, 0.15) is 0 Å². The Hall–Kier alpha value is -2.22. The molecule has 7 heteroatoms. The topological polar surface area (TPSA) is 69.7 Å². The van der Waals surface area contributed by atoms with E-state index in [0.717, 1.165) is 17.7 Å². The quantitative estimate of drug-likeness (QED) is 0.834. The number of carbonyl (C=O) groups excluding carboxylic acids is 1. The van der Waals surface area contributed by atoms with Crippen molar-refractivity contribution in [1.29, 1.82) is 0 Å². The molecule has 6 nitrogen and oxygen atoms in total. The van der Waals surface area contributed by atoms with Crippen LogP contribution in [0, 0.1) is 5.92 Å². The molecule has 4 rings (SSSR count). The van der Waals surface area contributed by atoms with Crippen LogP contribution in [-0.4, -0.2) is 51.4 Å². The maximum Gasteiger partial charge on any atom is 0.243 e. The molecule has 0 aromatic heterocycles. The summed E-state index contributed by atoms with van der Waals surface area (Å²) >= 11 is 0. The van der Waals surface area contributed by atoms with Gasteiger partial charge in [-0.3, -0.25) is 4.79 Å². The van der Waals surface area contributed by atoms with Crippen LogP contribution in [-0.2, 0) is 21.2 Å². The third-order valence-electron chi connectivity index (χ3n) is 5.43. The standard InChI is InChI=1S/C21H25N3O3S/c25-21-15-18(16-24(21)19-4-2-1-3-5-19)14-17-6-8-20(9-7-17)28(26,27)23-12-10-22-11-13-23/h1-9,18,22H,10-16H2/t18-/m0/s1. The molecule has 2 heterocycles. The Morgan fingerprint density at radius 3 is 2.32 bits per heavy atom. The molecule has 2 fully saturated rings. The first-order chi connectivity index (χ1) is 13.5. The van der Waals surface area contributed by atoms with Gasteiger partial charge >= 0.3 is 0 Å². The highest BCUT2D eigenvalue weighted by atomic mass is 32.2. The predicted molar refractivity (Wildman–Crippen MR) is 109 cm³/mol. The second-order valence-corrected chi connectivity index (χ2v) is 9.35. The number of carbonyl (C=O) groups is 1. The fraction of sp³-hybridized carbons (Fsp3) is 0.381. The van der Waals surface area contributed by atoms with Gasteiger partial charge < -0.3 is 10.2 Å². The number of amides is 1. The summed E-state index contributed by atoms with van der Waals surface area (Å²) in [5.41, 5.74) is 2.00. The lowest BCUT2D eigenvalue weighted by molar-refractivity contribution is -0.117. The largest absolute Gasteiger partial charge is 0.314 e. The van der Waals surface area contributed by atoms with Gasteiger partial charge in [0.25, 0.3) is 0 Å². The molecule has 2 aliphatic heterocycles. The fourth-order valence-corrected chi connectivity index (χ4v) is 5.38. The maximum absolute atomic E-state index is 12.7. The highest BCUT2D eigenvalue weighted by Gasteiger charge is 2.31. The van der Waals surface area contributed by atoms with Gasteiger partial charge in [0.2, 0.25) is 15.9 Å². The van der Waals surface area contributed by atoms with Crippen molar-refractivity contribution in [1.82, 2.24) is 9.62 Å². The molecule has 2 aromatic rings. The summed E-state index contributed by atoms with van der Waals surface area (Å²) in [6.45, 7) is 3.08. The van der Waals surface area contributed by atoms with E-state index in [9.17, 15) is 13.2 Å². The molecule has 2 aromatic carbocycles. The first kappa shape index (κ1) is 19.1. The smallest absolute Gasteiger partial charge is 0.243 e. The number of anilines is 1. The highest BCUT2D eigenvalue weighted by molar-refractivity contribution is 7.89. The first-order valence-electron chi connectivity index (χ1n) is 9.69. The van der Waals surface area contributed by atoms with E-state index in [1.54, 1.807) is 12.1 Å². The Labute approximate surface area is 166 Å². The van der Waals surface area contributed by atoms with Crippen molar-refractivity contribution >= 4 is 21.6 Å². The van der Waals surface area contributed by atoms with E-state index in [2.05, 4.69) is 5.32 Å². The molecule has 2 aliphatic rings. The fourth-order valence-electron chi connectivity index (χ4n) is 3.94. The van der Waals surface area contributed by atoms with Crippen LogP contribution in [0.4, 0.5) is 5.69 Å². The predicted octanol–water partition coefficient (Wildman–Crippen LogP) is 1.88. The Bertz CT molecular complexity index is 923. The van der Waals surface area contributed by atoms with Crippen molar-refractivity contribution in [2.45, 2.75) is 17.7 Å². The molecular weight excluding hydrogens is 374 g/mol. The second kappa shape index (κ2) is 8.03. The molecule has 0 saturated carbocycles. The van der Waals surface area contributed by atoms with Crippen LogP contribution in [0.3, 0.4) is 0 Å². The van der Waals surface area contributed by atoms with Crippen LogP contribution in [0.15, 0.2) is 59.5 Å². The average molecular weight is 400 g/mol. The van der Waals surface area contributed by atoms with E-state index >= 15 is 0 Å². The van der Waals surface area contributed by atoms with Gasteiger partial charge in [0.15, 0.2) is 0 Å². The number of piperazine rings is 1. The third-order valence-corrected chi connectivity index (χ3v) is 7.35. The Morgan fingerprint density at radius 2 is 1.64 bits per heavy atom. The van der Waals surface area contributed by atoms with Crippen LogP contribution in [0.5, 0.6) is 0 Å². The van der Waals surface area contributed by atoms with Crippen LogP contribution in [0.1, 0.15) is 12.0 Å². The van der Waals surface area contributed by atoms with E-state index in [4.69, 9.17) is 0 Å². The molecule has 0 unspecified atom stereocenters. The van der Waals surface area contributed by atoms with Crippen molar-refractivity contribution < 1.29 is 13.2 Å². The first-order valence-corrected chi connectivity index (χ1v) is 11.1. The molecule has 148 valence electrons. The number of hydrogen-bond donors (Lipinski definition) is 1. The zero-order chi connectivity index (χ0) is 19.6. The minimum absolute atomic E-state index is 0.147. The summed E-state index contributed by atoms with van der Waals surface area (Å²) in [6, 6.07) is 16.9. The molecule has 1 N–H and O–H groups in total. The number of benzene rings is 2. The minimum atomic E-state index is -3.43. The molecular formula is C21H25N3O3S. The molecule has 1 amide bonds. The average Bonchev–Trinajstić information content (AvgIpc) is 3.10. The minimum Gasteiger partial charge on any atom is -0.314 e. The van der Waals surface area contributed by atoms with Crippen LogP contribution in [0.25, 0.3) is 0 Å². The lowest BCUT2D eigenvalue weighted by atomic mass is 9.99. The number of para-hydroxylation sites is 1. The molecule has 28 heavy (non-hydrogen) atoms.